The smallest absolute Gasteiger partial charge is 0.0946 e. The Kier molecular flexibility index (Phi) is 7.71. The second kappa shape index (κ2) is 7.85. The molecule has 0 saturated heterocycles. The first-order valence-corrected chi connectivity index (χ1v) is 27.3. The molecule has 1 aliphatic carbocycles. The van der Waals surface area contributed by atoms with Gasteiger partial charge in [0, 0.05) is 33.8 Å². The van der Waals surface area contributed by atoms with E-state index in [9.17, 15) is 0 Å². The number of rotatable bonds is 8. The molecule has 0 spiro atoms. The van der Waals surface area contributed by atoms with Gasteiger partial charge in [-0.25, -0.2) is 0 Å². The van der Waals surface area contributed by atoms with E-state index in [4.69, 9.17) is 0 Å². The van der Waals surface area contributed by atoms with Crippen molar-refractivity contribution >= 4 is 51.5 Å². The summed E-state index contributed by atoms with van der Waals surface area (Å²) >= 11 is 4.88. The Bertz CT molecular complexity index is 311. The number of hydrogen-bond donors (Lipinski definition) is 0. The molecule has 0 heterocycles. The van der Waals surface area contributed by atoms with E-state index >= 15 is 0 Å². The molecule has 0 radical (unpaired) electrons. The summed E-state index contributed by atoms with van der Waals surface area (Å²) in [5.41, 5.74) is 0. The molecule has 0 bridgehead atoms. The first kappa shape index (κ1) is 21.6. The van der Waals surface area contributed by atoms with Crippen LogP contribution in [0, 0.1) is 0 Å². The van der Waals surface area contributed by atoms with E-state index in [1.807, 2.05) is 0 Å². The fraction of sp³-hybridized carbons (Fsp3) is 1.00. The van der Waals surface area contributed by atoms with E-state index in [0.717, 1.165) is 5.25 Å². The van der Waals surface area contributed by atoms with Crippen molar-refractivity contribution in [3.05, 3.63) is 0 Å². The average molecular weight is 409 g/mol. The summed E-state index contributed by atoms with van der Waals surface area (Å²) in [5.74, 6) is 1.71. The summed E-state index contributed by atoms with van der Waals surface area (Å²) in [6.07, 6.45) is 5.96. The van der Waals surface area contributed by atoms with Crippen LogP contribution in [0.3, 0.4) is 0 Å². The highest BCUT2D eigenvalue weighted by Crippen LogP contribution is 2.45. The summed E-state index contributed by atoms with van der Waals surface area (Å²) in [5, 5.41) is 1.00. The molecule has 22 heavy (non-hydrogen) atoms. The topological polar surface area (TPSA) is 0 Å². The van der Waals surface area contributed by atoms with Gasteiger partial charge >= 0.3 is 0 Å². The van der Waals surface area contributed by atoms with E-state index in [-0.39, 0.29) is 0 Å². The summed E-state index contributed by atoms with van der Waals surface area (Å²) in [6, 6.07) is 0. The van der Waals surface area contributed by atoms with E-state index in [1.54, 1.807) is 0 Å². The standard InChI is InChI=1S/C16H40S2Si4/c1-19(2,3)22(20(4,5)6,21(7,8)9)18-15-14-17-16-12-10-11-13-16/h16H,10-15H2,1-9H3. The fourth-order valence-electron chi connectivity index (χ4n) is 5.49. The molecular formula is C16H40S2Si4. The molecule has 0 N–H and O–H groups in total. The van der Waals surface area contributed by atoms with Crippen molar-refractivity contribution in [2.24, 2.45) is 0 Å². The Morgan fingerprint density at radius 3 is 1.45 bits per heavy atom. The highest BCUT2D eigenvalue weighted by Gasteiger charge is 2.61. The molecule has 6 heteroatoms. The maximum Gasteiger partial charge on any atom is 0.0946 e. The highest BCUT2D eigenvalue weighted by molar-refractivity contribution is 8.50. The Morgan fingerprint density at radius 2 is 1.09 bits per heavy atom. The third-order valence-electron chi connectivity index (χ3n) is 5.23. The third kappa shape index (κ3) is 4.81. The molecule has 0 unspecified atom stereocenters. The normalized spacial score (nSPS) is 19.0. The van der Waals surface area contributed by atoms with Gasteiger partial charge in [0.15, 0.2) is 0 Å². The summed E-state index contributed by atoms with van der Waals surface area (Å²) in [4.78, 5) is 0. The maximum absolute atomic E-state index is 2.72. The predicted molar refractivity (Wildman–Crippen MR) is 123 cm³/mol. The lowest BCUT2D eigenvalue weighted by Crippen LogP contribution is -2.81. The zero-order chi connectivity index (χ0) is 17.2. The molecule has 1 rings (SSSR count). The van der Waals surface area contributed by atoms with Gasteiger partial charge in [0.25, 0.3) is 0 Å². The lowest BCUT2D eigenvalue weighted by atomic mass is 10.4. The average Bonchev–Trinajstić information content (AvgIpc) is 2.75. The zero-order valence-corrected chi connectivity index (χ0v) is 22.3. The fourth-order valence-corrected chi connectivity index (χ4v) is 117. The maximum atomic E-state index is 2.72. The molecule has 0 aromatic carbocycles. The Balaban J connectivity index is 2.81. The van der Waals surface area contributed by atoms with Crippen LogP contribution in [0.4, 0.5) is 0 Å². The molecule has 0 aliphatic heterocycles. The molecule has 1 saturated carbocycles. The van der Waals surface area contributed by atoms with Crippen molar-refractivity contribution in [1.82, 2.24) is 0 Å². The SMILES string of the molecule is C[Si](C)(C)[Si](SCCSC1CCCC1)([Si](C)(C)C)[Si](C)(C)C. The van der Waals surface area contributed by atoms with E-state index in [1.165, 1.54) is 37.2 Å². The van der Waals surface area contributed by atoms with E-state index in [0.29, 0.717) is 0 Å². The van der Waals surface area contributed by atoms with Crippen molar-refractivity contribution in [3.63, 3.8) is 0 Å². The lowest BCUT2D eigenvalue weighted by Gasteiger charge is -2.56. The molecule has 132 valence electrons. The van der Waals surface area contributed by atoms with E-state index in [2.05, 4.69) is 81.9 Å². The molecule has 0 atom stereocenters. The van der Waals surface area contributed by atoms with Crippen LogP contribution in [-0.2, 0) is 0 Å². The predicted octanol–water partition coefficient (Wildman–Crippen LogP) is 6.59. The monoisotopic (exact) mass is 408 g/mol. The molecule has 0 aromatic rings. The van der Waals surface area contributed by atoms with E-state index < -0.39 is 28.6 Å². The van der Waals surface area contributed by atoms with Gasteiger partial charge in [-0.3, -0.25) is 0 Å². The van der Waals surface area contributed by atoms with Crippen LogP contribution in [0.2, 0.25) is 58.9 Å². The van der Waals surface area contributed by atoms with Gasteiger partial charge in [0.05, 0.1) is 5.78 Å². The molecule has 0 amide bonds. The van der Waals surface area contributed by atoms with Crippen molar-refractivity contribution in [3.8, 4) is 0 Å². The minimum atomic E-state index is -1.16. The van der Waals surface area contributed by atoms with Gasteiger partial charge < -0.3 is 0 Å². The molecule has 0 aromatic heterocycles. The van der Waals surface area contributed by atoms with Gasteiger partial charge in [-0.2, -0.15) is 23.0 Å². The minimum Gasteiger partial charge on any atom is -0.193 e. The van der Waals surface area contributed by atoms with Crippen LogP contribution < -0.4 is 0 Å². The van der Waals surface area contributed by atoms with Crippen LogP contribution in [0.5, 0.6) is 0 Å². The lowest BCUT2D eigenvalue weighted by molar-refractivity contribution is 0.886. The van der Waals surface area contributed by atoms with Gasteiger partial charge in [0.1, 0.15) is 0 Å². The van der Waals surface area contributed by atoms with Crippen LogP contribution >= 0.6 is 23.0 Å². The molecular weight excluding hydrogens is 369 g/mol. The molecule has 0 nitrogen and oxygen atoms in total. The highest BCUT2D eigenvalue weighted by atomic mass is 32.4. The van der Waals surface area contributed by atoms with Crippen molar-refractivity contribution in [2.45, 2.75) is 89.9 Å². The van der Waals surface area contributed by atoms with Crippen LogP contribution in [0.25, 0.3) is 0 Å². The van der Waals surface area contributed by atoms with Crippen molar-refractivity contribution in [2.75, 3.05) is 11.5 Å². The molecule has 1 fully saturated rings. The Morgan fingerprint density at radius 1 is 0.682 bits per heavy atom. The summed E-state index contributed by atoms with van der Waals surface area (Å²) < 4.78 is 0. The first-order chi connectivity index (χ1) is 9.83. The van der Waals surface area contributed by atoms with Gasteiger partial charge in [-0.05, 0) is 18.6 Å². The van der Waals surface area contributed by atoms with Crippen molar-refractivity contribution < 1.29 is 0 Å². The zero-order valence-electron chi connectivity index (χ0n) is 16.6. The quantitative estimate of drug-likeness (QED) is 0.328. The number of hydrogen-bond acceptors (Lipinski definition) is 2. The summed E-state index contributed by atoms with van der Waals surface area (Å²) in [7, 11) is -3.22. The van der Waals surface area contributed by atoms with Crippen LogP contribution in [0.1, 0.15) is 25.7 Å². The first-order valence-electron chi connectivity index (χ1n) is 9.08. The Hall–Kier alpha value is 1.57. The van der Waals surface area contributed by atoms with Gasteiger partial charge in [-0.1, -0.05) is 71.8 Å². The van der Waals surface area contributed by atoms with Crippen LogP contribution in [0.15, 0.2) is 0 Å². The largest absolute Gasteiger partial charge is 0.193 e. The number of thioether (sulfide) groups is 1. The van der Waals surface area contributed by atoms with Gasteiger partial charge in [0.2, 0.25) is 0 Å². The molecule has 1 aliphatic rings. The van der Waals surface area contributed by atoms with Crippen LogP contribution in [-0.4, -0.2) is 45.3 Å². The minimum absolute atomic E-state index is 1.00. The second-order valence-corrected chi connectivity index (χ2v) is 57.7. The summed E-state index contributed by atoms with van der Waals surface area (Å²) in [6.45, 7) is 24.4. The Labute approximate surface area is 152 Å². The third-order valence-corrected chi connectivity index (χ3v) is 95.9. The van der Waals surface area contributed by atoms with Crippen molar-refractivity contribution in [1.29, 1.82) is 0 Å². The van der Waals surface area contributed by atoms with Gasteiger partial charge in [-0.15, -0.1) is 0 Å². The second-order valence-electron chi connectivity index (χ2n) is 10.1.